The Morgan fingerprint density at radius 3 is 2.42 bits per heavy atom. The van der Waals surface area contributed by atoms with E-state index in [1.807, 2.05) is 18.2 Å². The van der Waals surface area contributed by atoms with Crippen molar-refractivity contribution in [3.63, 3.8) is 0 Å². The van der Waals surface area contributed by atoms with Gasteiger partial charge in [-0.25, -0.2) is 0 Å². The van der Waals surface area contributed by atoms with Gasteiger partial charge in [0, 0.05) is 23.2 Å². The van der Waals surface area contributed by atoms with Gasteiger partial charge >= 0.3 is 0 Å². The van der Waals surface area contributed by atoms with E-state index in [9.17, 15) is 0 Å². The summed E-state index contributed by atoms with van der Waals surface area (Å²) < 4.78 is 0.889. The lowest BCUT2D eigenvalue weighted by atomic mass is 10.0. The SMILES string of the molecule is CCC(CC)CN(CC)c1cccc(Br)c1C(=N)N. The van der Waals surface area contributed by atoms with Crippen LogP contribution in [-0.2, 0) is 0 Å². The van der Waals surface area contributed by atoms with Crippen molar-refractivity contribution in [3.8, 4) is 0 Å². The van der Waals surface area contributed by atoms with E-state index in [-0.39, 0.29) is 5.84 Å². The molecule has 0 radical (unpaired) electrons. The highest BCUT2D eigenvalue weighted by Crippen LogP contribution is 2.28. The topological polar surface area (TPSA) is 53.1 Å². The maximum Gasteiger partial charge on any atom is 0.126 e. The van der Waals surface area contributed by atoms with Crippen molar-refractivity contribution in [1.29, 1.82) is 5.41 Å². The molecule has 0 spiro atoms. The number of rotatable bonds is 7. The van der Waals surface area contributed by atoms with E-state index >= 15 is 0 Å². The van der Waals surface area contributed by atoms with Crippen LogP contribution in [0.2, 0.25) is 0 Å². The number of benzene rings is 1. The van der Waals surface area contributed by atoms with Crippen LogP contribution in [0.25, 0.3) is 0 Å². The zero-order valence-electron chi connectivity index (χ0n) is 12.0. The number of nitrogens with two attached hydrogens (primary N) is 1. The molecular weight excluding hydrogens is 302 g/mol. The first-order valence-electron chi connectivity index (χ1n) is 6.92. The van der Waals surface area contributed by atoms with Gasteiger partial charge in [-0.2, -0.15) is 0 Å². The Balaban J connectivity index is 3.11. The quantitative estimate of drug-likeness (QED) is 0.588. The number of halogens is 1. The third-order valence-electron chi connectivity index (χ3n) is 3.62. The van der Waals surface area contributed by atoms with E-state index in [0.29, 0.717) is 5.92 Å². The van der Waals surface area contributed by atoms with Crippen molar-refractivity contribution in [1.82, 2.24) is 0 Å². The second-order valence-electron chi connectivity index (χ2n) is 4.77. The first kappa shape index (κ1) is 16.0. The molecule has 0 amide bonds. The van der Waals surface area contributed by atoms with Gasteiger partial charge in [-0.1, -0.05) is 32.8 Å². The third-order valence-corrected chi connectivity index (χ3v) is 4.28. The number of hydrogen-bond acceptors (Lipinski definition) is 2. The average Bonchev–Trinajstić information content (AvgIpc) is 2.39. The predicted molar refractivity (Wildman–Crippen MR) is 87.1 cm³/mol. The zero-order valence-corrected chi connectivity index (χ0v) is 13.6. The minimum Gasteiger partial charge on any atom is -0.384 e. The lowest BCUT2D eigenvalue weighted by Crippen LogP contribution is -2.31. The van der Waals surface area contributed by atoms with Gasteiger partial charge in [0.25, 0.3) is 0 Å². The molecule has 1 aromatic carbocycles. The summed E-state index contributed by atoms with van der Waals surface area (Å²) in [5.41, 5.74) is 7.58. The minimum absolute atomic E-state index is 0.116. The molecule has 0 aromatic heterocycles. The standard InChI is InChI=1S/C15H24BrN3/c1-4-11(5-2)10-19(6-3)13-9-7-8-12(16)14(13)15(17)18/h7-9,11H,4-6,10H2,1-3H3,(H3,17,18). The second kappa shape index (κ2) is 7.53. The van der Waals surface area contributed by atoms with Crippen molar-refractivity contribution in [2.24, 2.45) is 11.7 Å². The van der Waals surface area contributed by atoms with E-state index < -0.39 is 0 Å². The normalized spacial score (nSPS) is 10.8. The molecule has 0 fully saturated rings. The van der Waals surface area contributed by atoms with Crippen molar-refractivity contribution < 1.29 is 0 Å². The maximum absolute atomic E-state index is 7.78. The highest BCUT2D eigenvalue weighted by atomic mass is 79.9. The number of anilines is 1. The fourth-order valence-corrected chi connectivity index (χ4v) is 2.87. The van der Waals surface area contributed by atoms with Gasteiger partial charge in [0.05, 0.1) is 5.56 Å². The molecule has 1 aromatic rings. The van der Waals surface area contributed by atoms with Crippen molar-refractivity contribution in [2.45, 2.75) is 33.6 Å². The van der Waals surface area contributed by atoms with Crippen LogP contribution in [0.3, 0.4) is 0 Å². The van der Waals surface area contributed by atoms with Crippen molar-refractivity contribution >= 4 is 27.5 Å². The molecule has 0 aliphatic rings. The summed E-state index contributed by atoms with van der Waals surface area (Å²) in [5, 5.41) is 7.78. The van der Waals surface area contributed by atoms with Gasteiger partial charge in [-0.3, -0.25) is 5.41 Å². The molecule has 3 nitrogen and oxygen atoms in total. The van der Waals surface area contributed by atoms with Gasteiger partial charge in [-0.15, -0.1) is 0 Å². The van der Waals surface area contributed by atoms with Crippen LogP contribution in [0, 0.1) is 11.3 Å². The number of nitrogens with zero attached hydrogens (tertiary/aromatic N) is 1. The zero-order chi connectivity index (χ0) is 14.4. The molecule has 0 heterocycles. The van der Waals surface area contributed by atoms with Crippen LogP contribution in [0.1, 0.15) is 39.2 Å². The highest BCUT2D eigenvalue weighted by molar-refractivity contribution is 9.10. The van der Waals surface area contributed by atoms with Crippen LogP contribution in [0.15, 0.2) is 22.7 Å². The van der Waals surface area contributed by atoms with Gasteiger partial charge in [0.2, 0.25) is 0 Å². The van der Waals surface area contributed by atoms with Crippen molar-refractivity contribution in [3.05, 3.63) is 28.2 Å². The molecule has 1 rings (SSSR count). The molecule has 4 heteroatoms. The van der Waals surface area contributed by atoms with Gasteiger partial charge in [0.1, 0.15) is 5.84 Å². The Labute approximate surface area is 124 Å². The second-order valence-corrected chi connectivity index (χ2v) is 5.62. The predicted octanol–water partition coefficient (Wildman–Crippen LogP) is 4.00. The molecular formula is C15H24BrN3. The summed E-state index contributed by atoms with van der Waals surface area (Å²) in [6, 6.07) is 5.99. The summed E-state index contributed by atoms with van der Waals surface area (Å²) in [7, 11) is 0. The Bertz CT molecular complexity index is 427. The summed E-state index contributed by atoms with van der Waals surface area (Å²) in [4.78, 5) is 2.32. The van der Waals surface area contributed by atoms with Crippen LogP contribution in [0.5, 0.6) is 0 Å². The van der Waals surface area contributed by atoms with Crippen LogP contribution >= 0.6 is 15.9 Å². The molecule has 3 N–H and O–H groups in total. The fourth-order valence-electron chi connectivity index (χ4n) is 2.30. The Hall–Kier alpha value is -1.03. The minimum atomic E-state index is 0.116. The van der Waals surface area contributed by atoms with Gasteiger partial charge in [-0.05, 0) is 40.9 Å². The molecule has 0 aliphatic heterocycles. The summed E-state index contributed by atoms with van der Waals surface area (Å²) in [5.74, 6) is 0.796. The van der Waals surface area contributed by atoms with E-state index in [1.165, 1.54) is 12.8 Å². The summed E-state index contributed by atoms with van der Waals surface area (Å²) in [6.07, 6.45) is 2.35. The largest absolute Gasteiger partial charge is 0.384 e. The lowest BCUT2D eigenvalue weighted by molar-refractivity contribution is 0.486. The number of hydrogen-bond donors (Lipinski definition) is 2. The summed E-state index contributed by atoms with van der Waals surface area (Å²) in [6.45, 7) is 8.55. The lowest BCUT2D eigenvalue weighted by Gasteiger charge is -2.29. The molecule has 0 saturated carbocycles. The number of amidine groups is 1. The smallest absolute Gasteiger partial charge is 0.126 e. The third kappa shape index (κ3) is 3.96. The van der Waals surface area contributed by atoms with E-state index in [1.54, 1.807) is 0 Å². The van der Waals surface area contributed by atoms with Crippen molar-refractivity contribution in [2.75, 3.05) is 18.0 Å². The highest BCUT2D eigenvalue weighted by Gasteiger charge is 2.17. The Kier molecular flexibility index (Phi) is 6.35. The average molecular weight is 326 g/mol. The molecule has 106 valence electrons. The molecule has 0 unspecified atom stereocenters. The van der Waals surface area contributed by atoms with Crippen LogP contribution in [-0.4, -0.2) is 18.9 Å². The molecule has 0 saturated heterocycles. The van der Waals surface area contributed by atoms with E-state index in [0.717, 1.165) is 28.8 Å². The number of nitrogen functional groups attached to an aromatic ring is 1. The van der Waals surface area contributed by atoms with Gasteiger partial charge < -0.3 is 10.6 Å². The van der Waals surface area contributed by atoms with Crippen LogP contribution < -0.4 is 10.6 Å². The fraction of sp³-hybridized carbons (Fsp3) is 0.533. The molecule has 19 heavy (non-hydrogen) atoms. The molecule has 0 bridgehead atoms. The number of nitrogens with one attached hydrogen (secondary N) is 1. The monoisotopic (exact) mass is 325 g/mol. The van der Waals surface area contributed by atoms with Gasteiger partial charge in [0.15, 0.2) is 0 Å². The Morgan fingerprint density at radius 2 is 1.95 bits per heavy atom. The molecule has 0 aliphatic carbocycles. The maximum atomic E-state index is 7.78. The first-order valence-corrected chi connectivity index (χ1v) is 7.72. The Morgan fingerprint density at radius 1 is 1.32 bits per heavy atom. The van der Waals surface area contributed by atoms with Crippen LogP contribution in [0.4, 0.5) is 5.69 Å². The molecule has 0 atom stereocenters. The first-order chi connectivity index (χ1) is 9.04. The van der Waals surface area contributed by atoms with E-state index in [2.05, 4.69) is 41.6 Å². The van der Waals surface area contributed by atoms with E-state index in [4.69, 9.17) is 11.1 Å². The summed E-state index contributed by atoms with van der Waals surface area (Å²) >= 11 is 3.50.